The van der Waals surface area contributed by atoms with Gasteiger partial charge in [-0.1, -0.05) is 23.8 Å². The minimum Gasteiger partial charge on any atom is -0.462 e. The van der Waals surface area contributed by atoms with E-state index in [-0.39, 0.29) is 17.9 Å². The van der Waals surface area contributed by atoms with Gasteiger partial charge in [0.2, 0.25) is 0 Å². The van der Waals surface area contributed by atoms with Gasteiger partial charge in [0.25, 0.3) is 11.5 Å². The summed E-state index contributed by atoms with van der Waals surface area (Å²) < 4.78 is 6.45. The predicted molar refractivity (Wildman–Crippen MR) is 117 cm³/mol. The Kier molecular flexibility index (Phi) is 6.47. The summed E-state index contributed by atoms with van der Waals surface area (Å²) in [5, 5.41) is 9.04. The fourth-order valence-corrected chi connectivity index (χ4v) is 4.08. The Hall–Kier alpha value is -3.26. The summed E-state index contributed by atoms with van der Waals surface area (Å²) in [5.74, 6) is -1.01. The molecule has 2 heterocycles. The molecular formula is C22H23N3O4S. The van der Waals surface area contributed by atoms with E-state index < -0.39 is 11.9 Å². The minimum absolute atomic E-state index is 0.0905. The van der Waals surface area contributed by atoms with E-state index in [9.17, 15) is 14.4 Å². The second kappa shape index (κ2) is 9.04. The molecule has 3 rings (SSSR count). The maximum atomic E-state index is 12.7. The molecule has 3 aromatic rings. The van der Waals surface area contributed by atoms with Crippen molar-refractivity contribution in [3.63, 3.8) is 0 Å². The molecule has 0 bridgehead atoms. The molecule has 0 atom stereocenters. The zero-order valence-corrected chi connectivity index (χ0v) is 18.1. The second-order valence-corrected chi connectivity index (χ2v) is 7.60. The Balaban J connectivity index is 2.02. The number of rotatable bonds is 6. The number of hydrogen-bond donors (Lipinski definition) is 1. The van der Waals surface area contributed by atoms with Gasteiger partial charge in [0, 0.05) is 23.6 Å². The van der Waals surface area contributed by atoms with Crippen LogP contribution in [0.25, 0.3) is 11.1 Å². The molecule has 156 valence electrons. The van der Waals surface area contributed by atoms with Crippen LogP contribution in [0.4, 0.5) is 5.00 Å². The normalized spacial score (nSPS) is 10.7. The van der Waals surface area contributed by atoms with Crippen LogP contribution in [0.1, 0.15) is 45.8 Å². The van der Waals surface area contributed by atoms with Gasteiger partial charge in [0.15, 0.2) is 0 Å². The number of nitrogens with one attached hydrogen (secondary N) is 1. The number of thiophene rings is 1. The molecule has 0 unspecified atom stereocenters. The molecule has 0 fully saturated rings. The standard InChI is InChI=1S/C22H23N3O4S/c1-5-25-18(26)10-9-17(24-25)20(27)23-21-19(22(28)29-6-2)16(12-30-21)15-8-7-13(3)11-14(15)4/h7-12H,5-6H2,1-4H3,(H,23,27). The average molecular weight is 426 g/mol. The van der Waals surface area contributed by atoms with E-state index in [0.717, 1.165) is 16.7 Å². The summed E-state index contributed by atoms with van der Waals surface area (Å²) in [7, 11) is 0. The largest absolute Gasteiger partial charge is 0.462 e. The molecule has 0 radical (unpaired) electrons. The number of carbonyl (C=O) groups excluding carboxylic acids is 2. The van der Waals surface area contributed by atoms with E-state index in [2.05, 4.69) is 10.4 Å². The Morgan fingerprint density at radius 1 is 1.13 bits per heavy atom. The van der Waals surface area contributed by atoms with Crippen molar-refractivity contribution in [2.75, 3.05) is 11.9 Å². The molecule has 8 heteroatoms. The number of benzene rings is 1. The van der Waals surface area contributed by atoms with Crippen molar-refractivity contribution in [3.05, 3.63) is 68.4 Å². The highest BCUT2D eigenvalue weighted by molar-refractivity contribution is 7.15. The molecule has 0 saturated carbocycles. The van der Waals surface area contributed by atoms with Crippen LogP contribution < -0.4 is 10.9 Å². The maximum Gasteiger partial charge on any atom is 0.341 e. The number of esters is 1. The molecule has 0 aliphatic carbocycles. The van der Waals surface area contributed by atoms with Gasteiger partial charge in [-0.05, 0) is 44.9 Å². The lowest BCUT2D eigenvalue weighted by Gasteiger charge is -2.11. The third kappa shape index (κ3) is 4.33. The van der Waals surface area contributed by atoms with Crippen LogP contribution in [0.5, 0.6) is 0 Å². The highest BCUT2D eigenvalue weighted by Crippen LogP contribution is 2.38. The molecule has 30 heavy (non-hydrogen) atoms. The summed E-state index contributed by atoms with van der Waals surface area (Å²) in [5.41, 5.74) is 3.87. The van der Waals surface area contributed by atoms with E-state index in [0.29, 0.717) is 22.7 Å². The maximum absolute atomic E-state index is 12.7. The van der Waals surface area contributed by atoms with Crippen LogP contribution in [-0.4, -0.2) is 28.3 Å². The fourth-order valence-electron chi connectivity index (χ4n) is 3.13. The minimum atomic E-state index is -0.504. The van der Waals surface area contributed by atoms with Crippen molar-refractivity contribution in [2.24, 2.45) is 0 Å². The zero-order chi connectivity index (χ0) is 21.8. The monoisotopic (exact) mass is 425 g/mol. The molecule has 0 spiro atoms. The van der Waals surface area contributed by atoms with Crippen LogP contribution in [0.15, 0.2) is 40.5 Å². The summed E-state index contributed by atoms with van der Waals surface area (Å²) in [6, 6.07) is 8.64. The lowest BCUT2D eigenvalue weighted by molar-refractivity contribution is 0.0529. The smallest absolute Gasteiger partial charge is 0.341 e. The van der Waals surface area contributed by atoms with Gasteiger partial charge in [-0.15, -0.1) is 11.3 Å². The highest BCUT2D eigenvalue weighted by atomic mass is 32.1. The second-order valence-electron chi connectivity index (χ2n) is 6.72. The van der Waals surface area contributed by atoms with Gasteiger partial charge in [-0.2, -0.15) is 5.10 Å². The molecule has 7 nitrogen and oxygen atoms in total. The molecule has 1 N–H and O–H groups in total. The van der Waals surface area contributed by atoms with Crippen molar-refractivity contribution in [1.82, 2.24) is 9.78 Å². The third-order valence-corrected chi connectivity index (χ3v) is 5.46. The van der Waals surface area contributed by atoms with Gasteiger partial charge in [0.1, 0.15) is 16.3 Å². The van der Waals surface area contributed by atoms with Crippen LogP contribution in [0.2, 0.25) is 0 Å². The van der Waals surface area contributed by atoms with E-state index >= 15 is 0 Å². The highest BCUT2D eigenvalue weighted by Gasteiger charge is 2.24. The van der Waals surface area contributed by atoms with E-state index in [1.165, 1.54) is 28.2 Å². The van der Waals surface area contributed by atoms with Gasteiger partial charge >= 0.3 is 5.97 Å². The van der Waals surface area contributed by atoms with Crippen LogP contribution in [0, 0.1) is 13.8 Å². The first-order valence-electron chi connectivity index (χ1n) is 9.61. The quantitative estimate of drug-likeness (QED) is 0.602. The van der Waals surface area contributed by atoms with Crippen molar-refractivity contribution in [1.29, 1.82) is 0 Å². The molecule has 0 aliphatic rings. The number of ether oxygens (including phenoxy) is 1. The van der Waals surface area contributed by atoms with Crippen molar-refractivity contribution >= 4 is 28.2 Å². The molecule has 0 aliphatic heterocycles. The molecule has 2 aromatic heterocycles. The number of aromatic nitrogens is 2. The Labute approximate surface area is 178 Å². The number of carbonyl (C=O) groups is 2. The lowest BCUT2D eigenvalue weighted by atomic mass is 9.97. The summed E-state index contributed by atoms with van der Waals surface area (Å²) >= 11 is 1.25. The van der Waals surface area contributed by atoms with Crippen LogP contribution in [0.3, 0.4) is 0 Å². The number of hydrogen-bond acceptors (Lipinski definition) is 6. The fraction of sp³-hybridized carbons (Fsp3) is 0.273. The molecule has 1 aromatic carbocycles. The zero-order valence-electron chi connectivity index (χ0n) is 17.3. The van der Waals surface area contributed by atoms with E-state index in [1.54, 1.807) is 13.8 Å². The molecule has 0 saturated heterocycles. The van der Waals surface area contributed by atoms with Gasteiger partial charge < -0.3 is 10.1 Å². The van der Waals surface area contributed by atoms with Crippen molar-refractivity contribution < 1.29 is 14.3 Å². The van der Waals surface area contributed by atoms with Gasteiger partial charge in [-0.3, -0.25) is 9.59 Å². The first kappa shape index (κ1) is 21.4. The number of anilines is 1. The van der Waals surface area contributed by atoms with Crippen LogP contribution in [-0.2, 0) is 11.3 Å². The van der Waals surface area contributed by atoms with E-state index in [1.807, 2.05) is 37.4 Å². The van der Waals surface area contributed by atoms with Gasteiger partial charge in [-0.25, -0.2) is 9.48 Å². The van der Waals surface area contributed by atoms with Crippen molar-refractivity contribution in [2.45, 2.75) is 34.2 Å². The third-order valence-electron chi connectivity index (χ3n) is 4.57. The van der Waals surface area contributed by atoms with Crippen LogP contribution >= 0.6 is 11.3 Å². The predicted octanol–water partition coefficient (Wildman–Crippen LogP) is 4.04. The lowest BCUT2D eigenvalue weighted by Crippen LogP contribution is -2.25. The molecular weight excluding hydrogens is 402 g/mol. The Morgan fingerprint density at radius 3 is 2.57 bits per heavy atom. The number of aryl methyl sites for hydroxylation is 3. The topological polar surface area (TPSA) is 90.3 Å². The SMILES string of the molecule is CCOC(=O)c1c(-c2ccc(C)cc2C)csc1NC(=O)c1ccc(=O)n(CC)n1. The summed E-state index contributed by atoms with van der Waals surface area (Å²) in [6.45, 7) is 8.05. The Bertz CT molecular complexity index is 1160. The first-order valence-corrected chi connectivity index (χ1v) is 10.5. The average Bonchev–Trinajstić information content (AvgIpc) is 3.11. The Morgan fingerprint density at radius 2 is 1.90 bits per heavy atom. The summed E-state index contributed by atoms with van der Waals surface area (Å²) in [6.07, 6.45) is 0. The van der Waals surface area contributed by atoms with E-state index in [4.69, 9.17) is 4.74 Å². The first-order chi connectivity index (χ1) is 14.3. The number of amides is 1. The number of nitrogens with zero attached hydrogens (tertiary/aromatic N) is 2. The van der Waals surface area contributed by atoms with Crippen molar-refractivity contribution in [3.8, 4) is 11.1 Å². The molecule has 1 amide bonds. The van der Waals surface area contributed by atoms with Gasteiger partial charge in [0.05, 0.1) is 6.61 Å². The summed E-state index contributed by atoms with van der Waals surface area (Å²) in [4.78, 5) is 37.2.